The molecule has 0 aliphatic carbocycles. The number of aromatic hydroxyl groups is 4. The topological polar surface area (TPSA) is 80.9 Å². The molecule has 4 heteroatoms. The Hall–Kier alpha value is -2.36. The molecule has 0 saturated heterocycles. The minimum atomic E-state index is -0.371. The first-order chi connectivity index (χ1) is 11.7. The highest BCUT2D eigenvalue weighted by Crippen LogP contribution is 2.48. The molecule has 4 nitrogen and oxygen atoms in total. The van der Waals surface area contributed by atoms with Crippen LogP contribution in [0.3, 0.4) is 0 Å². The number of benzene rings is 2. The Morgan fingerprint density at radius 1 is 0.538 bits per heavy atom. The normalized spacial score (nSPS) is 12.5. The van der Waals surface area contributed by atoms with Gasteiger partial charge in [-0.15, -0.1) is 0 Å². The Morgan fingerprint density at radius 2 is 0.808 bits per heavy atom. The molecule has 2 aromatic carbocycles. The fraction of sp³-hybridized carbons (Fsp3) is 0.455. The largest absolute Gasteiger partial charge is 0.504 e. The quantitative estimate of drug-likeness (QED) is 0.515. The van der Waals surface area contributed by atoms with Crippen molar-refractivity contribution in [1.29, 1.82) is 0 Å². The van der Waals surface area contributed by atoms with Crippen LogP contribution in [0.4, 0.5) is 0 Å². The summed E-state index contributed by atoms with van der Waals surface area (Å²) < 4.78 is 0. The van der Waals surface area contributed by atoms with Gasteiger partial charge in [0.2, 0.25) is 0 Å². The standard InChI is InChI=1S/C22H30O4/c1-11-13(9-15(21(3,4)5)19(25)17(11)23)14-10-16(22(6,7)8)20(26)18(24)12(14)2/h9-10,23-26H,1-8H3. The van der Waals surface area contributed by atoms with Crippen molar-refractivity contribution in [3.63, 3.8) is 0 Å². The second kappa shape index (κ2) is 6.11. The summed E-state index contributed by atoms with van der Waals surface area (Å²) >= 11 is 0. The van der Waals surface area contributed by atoms with Gasteiger partial charge in [-0.25, -0.2) is 0 Å². The van der Waals surface area contributed by atoms with Crippen molar-refractivity contribution in [2.24, 2.45) is 0 Å². The van der Waals surface area contributed by atoms with Crippen LogP contribution in [-0.4, -0.2) is 20.4 Å². The van der Waals surface area contributed by atoms with E-state index in [0.29, 0.717) is 22.3 Å². The van der Waals surface area contributed by atoms with Crippen LogP contribution in [0, 0.1) is 13.8 Å². The van der Waals surface area contributed by atoms with E-state index in [0.717, 1.165) is 11.1 Å². The molecule has 0 fully saturated rings. The summed E-state index contributed by atoms with van der Waals surface area (Å²) in [4.78, 5) is 0. The first-order valence-corrected chi connectivity index (χ1v) is 8.80. The van der Waals surface area contributed by atoms with Crippen LogP contribution >= 0.6 is 0 Å². The monoisotopic (exact) mass is 358 g/mol. The van der Waals surface area contributed by atoms with Crippen LogP contribution in [0.15, 0.2) is 12.1 Å². The van der Waals surface area contributed by atoms with E-state index in [1.165, 1.54) is 0 Å². The van der Waals surface area contributed by atoms with Crippen LogP contribution in [0.1, 0.15) is 63.8 Å². The second-order valence-electron chi connectivity index (χ2n) is 9.09. The Balaban J connectivity index is 2.93. The predicted molar refractivity (Wildman–Crippen MR) is 105 cm³/mol. The molecule has 0 heterocycles. The molecule has 0 unspecified atom stereocenters. The molecule has 26 heavy (non-hydrogen) atoms. The number of rotatable bonds is 1. The van der Waals surface area contributed by atoms with Crippen molar-refractivity contribution in [1.82, 2.24) is 0 Å². The van der Waals surface area contributed by atoms with Gasteiger partial charge in [0.1, 0.15) is 0 Å². The third kappa shape index (κ3) is 3.20. The zero-order valence-electron chi connectivity index (χ0n) is 16.9. The molecule has 0 aliphatic heterocycles. The molecule has 0 saturated carbocycles. The van der Waals surface area contributed by atoms with Gasteiger partial charge in [0.05, 0.1) is 0 Å². The SMILES string of the molecule is Cc1c(-c2cc(C(C)(C)C)c(O)c(O)c2C)cc(C(C)(C)C)c(O)c1O. The summed E-state index contributed by atoms with van der Waals surface area (Å²) in [6.07, 6.45) is 0. The van der Waals surface area contributed by atoms with Crippen LogP contribution in [0.5, 0.6) is 23.0 Å². The van der Waals surface area contributed by atoms with Gasteiger partial charge >= 0.3 is 0 Å². The van der Waals surface area contributed by atoms with Crippen molar-refractivity contribution in [2.75, 3.05) is 0 Å². The highest BCUT2D eigenvalue weighted by molar-refractivity contribution is 5.80. The van der Waals surface area contributed by atoms with E-state index >= 15 is 0 Å². The predicted octanol–water partition coefficient (Wildman–Crippen LogP) is 5.39. The van der Waals surface area contributed by atoms with Gasteiger partial charge < -0.3 is 20.4 Å². The lowest BCUT2D eigenvalue weighted by Gasteiger charge is -2.26. The summed E-state index contributed by atoms with van der Waals surface area (Å²) in [5.74, 6) is -0.542. The molecular formula is C22H30O4. The van der Waals surface area contributed by atoms with Gasteiger partial charge in [0.25, 0.3) is 0 Å². The van der Waals surface area contributed by atoms with Crippen LogP contribution in [-0.2, 0) is 10.8 Å². The molecule has 0 amide bonds. The fourth-order valence-electron chi connectivity index (χ4n) is 3.21. The van der Waals surface area contributed by atoms with Crippen molar-refractivity contribution in [3.05, 3.63) is 34.4 Å². The smallest absolute Gasteiger partial charge is 0.161 e. The first-order valence-electron chi connectivity index (χ1n) is 8.80. The lowest BCUT2D eigenvalue weighted by Crippen LogP contribution is -2.13. The van der Waals surface area contributed by atoms with E-state index in [2.05, 4.69) is 0 Å². The average molecular weight is 358 g/mol. The third-order valence-electron chi connectivity index (χ3n) is 4.96. The first kappa shape index (κ1) is 20.0. The van der Waals surface area contributed by atoms with E-state index in [9.17, 15) is 20.4 Å². The summed E-state index contributed by atoms with van der Waals surface area (Å²) in [6.45, 7) is 15.2. The number of phenolic OH excluding ortho intramolecular Hbond substituents is 4. The second-order valence-corrected chi connectivity index (χ2v) is 9.09. The van der Waals surface area contributed by atoms with Gasteiger partial charge in [-0.1, -0.05) is 41.5 Å². The summed E-state index contributed by atoms with van der Waals surface area (Å²) in [5.41, 5.74) is 3.02. The Morgan fingerprint density at radius 3 is 1.04 bits per heavy atom. The zero-order chi connectivity index (χ0) is 20.2. The molecule has 0 atom stereocenters. The van der Waals surface area contributed by atoms with Crippen molar-refractivity contribution in [2.45, 2.75) is 66.2 Å². The molecular weight excluding hydrogens is 328 g/mol. The minimum Gasteiger partial charge on any atom is -0.504 e. The molecule has 0 bridgehead atoms. The van der Waals surface area contributed by atoms with Crippen LogP contribution in [0.2, 0.25) is 0 Å². The maximum Gasteiger partial charge on any atom is 0.161 e. The van der Waals surface area contributed by atoms with Crippen molar-refractivity contribution in [3.8, 4) is 34.1 Å². The molecule has 0 spiro atoms. The lowest BCUT2D eigenvalue weighted by atomic mass is 9.80. The van der Waals surface area contributed by atoms with Crippen molar-refractivity contribution < 1.29 is 20.4 Å². The number of hydrogen-bond acceptors (Lipinski definition) is 4. The van der Waals surface area contributed by atoms with Gasteiger partial charge in [-0.3, -0.25) is 0 Å². The van der Waals surface area contributed by atoms with Crippen LogP contribution < -0.4 is 0 Å². The number of hydrogen-bond donors (Lipinski definition) is 4. The summed E-state index contributed by atoms with van der Waals surface area (Å²) in [7, 11) is 0. The highest BCUT2D eigenvalue weighted by atomic mass is 16.3. The molecule has 0 radical (unpaired) electrons. The van der Waals surface area contributed by atoms with Gasteiger partial charge in [-0.2, -0.15) is 0 Å². The summed E-state index contributed by atoms with van der Waals surface area (Å²) in [5, 5.41) is 41.7. The molecule has 2 rings (SSSR count). The Labute approximate surface area is 155 Å². The van der Waals surface area contributed by atoms with E-state index in [-0.39, 0.29) is 33.8 Å². The average Bonchev–Trinajstić information content (AvgIpc) is 2.49. The van der Waals surface area contributed by atoms with Crippen molar-refractivity contribution >= 4 is 0 Å². The van der Waals surface area contributed by atoms with E-state index in [1.807, 2.05) is 53.7 Å². The van der Waals surface area contributed by atoms with Gasteiger partial charge in [0, 0.05) is 22.3 Å². The molecule has 0 aromatic heterocycles. The lowest BCUT2D eigenvalue weighted by molar-refractivity contribution is 0.386. The van der Waals surface area contributed by atoms with E-state index < -0.39 is 0 Å². The fourth-order valence-corrected chi connectivity index (χ4v) is 3.21. The summed E-state index contributed by atoms with van der Waals surface area (Å²) in [6, 6.07) is 3.71. The van der Waals surface area contributed by atoms with E-state index in [1.54, 1.807) is 13.8 Å². The molecule has 4 N–H and O–H groups in total. The van der Waals surface area contributed by atoms with Gasteiger partial charge in [0.15, 0.2) is 23.0 Å². The minimum absolute atomic E-state index is 0.115. The maximum atomic E-state index is 10.5. The maximum absolute atomic E-state index is 10.5. The Bertz CT molecular complexity index is 792. The molecule has 142 valence electrons. The number of phenols is 4. The zero-order valence-corrected chi connectivity index (χ0v) is 16.9. The molecule has 0 aliphatic rings. The Kier molecular flexibility index (Phi) is 4.69. The molecule has 2 aromatic rings. The highest BCUT2D eigenvalue weighted by Gasteiger charge is 2.28. The van der Waals surface area contributed by atoms with Gasteiger partial charge in [-0.05, 0) is 47.9 Å². The van der Waals surface area contributed by atoms with E-state index in [4.69, 9.17) is 0 Å². The van der Waals surface area contributed by atoms with Crippen LogP contribution in [0.25, 0.3) is 11.1 Å². The third-order valence-corrected chi connectivity index (χ3v) is 4.96.